The number of amides is 3. The van der Waals surface area contributed by atoms with E-state index in [1.165, 1.54) is 0 Å². The number of hydrogen-bond acceptors (Lipinski definition) is 4. The number of nitrogens with zero attached hydrogens (tertiary/aromatic N) is 1. The summed E-state index contributed by atoms with van der Waals surface area (Å²) in [5, 5.41) is 5.80. The number of carbonyl (C=O) groups excluding carboxylic acids is 3. The van der Waals surface area contributed by atoms with Crippen molar-refractivity contribution < 1.29 is 19.1 Å². The van der Waals surface area contributed by atoms with Crippen molar-refractivity contribution in [1.82, 2.24) is 15.5 Å². The Morgan fingerprint density at radius 2 is 1.48 bits per heavy atom. The number of nitrogens with one attached hydrogen (secondary N) is 2. The third-order valence-corrected chi connectivity index (χ3v) is 6.84. The number of alkyl carbamates (subject to hydrolysis) is 1. The smallest absolute Gasteiger partial charge is 0.408 e. The minimum atomic E-state index is -1.04. The molecule has 2 N–H and O–H groups in total. The van der Waals surface area contributed by atoms with E-state index in [2.05, 4.69) is 16.6 Å². The molecule has 220 valence electrons. The summed E-state index contributed by atoms with van der Waals surface area (Å²) in [6, 6.07) is 23.7. The average Bonchev–Trinajstić information content (AvgIpc) is 2.97. The van der Waals surface area contributed by atoms with Crippen LogP contribution < -0.4 is 10.6 Å². The molecule has 0 fully saturated rings. The maximum absolute atomic E-state index is 14.6. The van der Waals surface area contributed by atoms with E-state index in [0.29, 0.717) is 17.5 Å². The third-order valence-electron chi connectivity index (χ3n) is 6.84. The van der Waals surface area contributed by atoms with Crippen molar-refractivity contribution in [2.45, 2.75) is 77.7 Å². The van der Waals surface area contributed by atoms with Gasteiger partial charge in [0.2, 0.25) is 11.8 Å². The van der Waals surface area contributed by atoms with Crippen LogP contribution in [0.3, 0.4) is 0 Å². The van der Waals surface area contributed by atoms with Crippen molar-refractivity contribution >= 4 is 17.9 Å². The molecular formula is C35H41N3O4. The monoisotopic (exact) mass is 567 g/mol. The fraction of sp³-hybridized carbons (Fsp3) is 0.343. The van der Waals surface area contributed by atoms with Gasteiger partial charge in [-0.3, -0.25) is 9.59 Å². The highest BCUT2D eigenvalue weighted by atomic mass is 16.6. The fourth-order valence-electron chi connectivity index (χ4n) is 4.64. The van der Waals surface area contributed by atoms with Gasteiger partial charge in [-0.25, -0.2) is 4.79 Å². The van der Waals surface area contributed by atoms with E-state index >= 15 is 0 Å². The predicted octanol–water partition coefficient (Wildman–Crippen LogP) is 5.79. The molecule has 3 unspecified atom stereocenters. The lowest BCUT2D eigenvalue weighted by Gasteiger charge is -2.38. The van der Waals surface area contributed by atoms with Crippen molar-refractivity contribution in [2.75, 3.05) is 0 Å². The minimum absolute atomic E-state index is 0.209. The number of benzene rings is 3. The van der Waals surface area contributed by atoms with Crippen LogP contribution in [0.25, 0.3) is 0 Å². The zero-order valence-corrected chi connectivity index (χ0v) is 25.1. The van der Waals surface area contributed by atoms with E-state index in [-0.39, 0.29) is 24.9 Å². The Balaban J connectivity index is 2.07. The van der Waals surface area contributed by atoms with E-state index in [1.807, 2.05) is 74.5 Å². The van der Waals surface area contributed by atoms with Crippen molar-refractivity contribution in [3.63, 3.8) is 0 Å². The minimum Gasteiger partial charge on any atom is -0.444 e. The molecule has 3 rings (SSSR count). The van der Waals surface area contributed by atoms with Gasteiger partial charge >= 0.3 is 6.09 Å². The molecule has 0 heterocycles. The molecule has 0 saturated carbocycles. The van der Waals surface area contributed by atoms with Crippen molar-refractivity contribution in [3.8, 4) is 12.3 Å². The molecule has 7 nitrogen and oxygen atoms in total. The first-order valence-corrected chi connectivity index (χ1v) is 14.3. The van der Waals surface area contributed by atoms with E-state index in [4.69, 9.17) is 11.2 Å². The van der Waals surface area contributed by atoms with Crippen LogP contribution in [-0.4, -0.2) is 40.5 Å². The quantitative estimate of drug-likeness (QED) is 0.287. The summed E-state index contributed by atoms with van der Waals surface area (Å²) in [5.41, 5.74) is 2.06. The van der Waals surface area contributed by atoms with E-state index in [1.54, 1.807) is 49.9 Å². The van der Waals surface area contributed by atoms with Crippen LogP contribution in [0.4, 0.5) is 4.79 Å². The number of rotatable bonds is 11. The topological polar surface area (TPSA) is 87.7 Å². The standard InChI is InChI=1S/C35H41N3O4/c1-7-25(3)38(33(40)30(23-26-17-11-9-12-18-26)37-34(41)42-35(4,5)6)31(29-22-16-15-21-28(29)8-2)32(39)36-24-27-19-13-10-14-20-27/h2,9-22,25,30-31H,7,23-24H2,1,3-6H3,(H,36,39)(H,37,41). The number of carbonyl (C=O) groups is 3. The van der Waals surface area contributed by atoms with Gasteiger partial charge in [-0.15, -0.1) is 6.42 Å². The van der Waals surface area contributed by atoms with Crippen molar-refractivity contribution in [3.05, 3.63) is 107 Å². The van der Waals surface area contributed by atoms with Crippen molar-refractivity contribution in [2.24, 2.45) is 0 Å². The lowest BCUT2D eigenvalue weighted by molar-refractivity contribution is -0.145. The van der Waals surface area contributed by atoms with Crippen LogP contribution in [0.1, 0.15) is 69.3 Å². The number of terminal acetylenes is 1. The molecule has 3 amide bonds. The molecule has 7 heteroatoms. The van der Waals surface area contributed by atoms with Crippen LogP contribution in [0.2, 0.25) is 0 Å². The zero-order chi connectivity index (χ0) is 30.7. The first-order valence-electron chi connectivity index (χ1n) is 14.3. The molecular weight excluding hydrogens is 526 g/mol. The second-order valence-electron chi connectivity index (χ2n) is 11.2. The normalized spacial score (nSPS) is 13.1. The fourth-order valence-corrected chi connectivity index (χ4v) is 4.64. The molecule has 0 aliphatic carbocycles. The van der Waals surface area contributed by atoms with Gasteiger partial charge < -0.3 is 20.3 Å². The summed E-state index contributed by atoms with van der Waals surface area (Å²) in [6.07, 6.45) is 5.93. The summed E-state index contributed by atoms with van der Waals surface area (Å²) >= 11 is 0. The van der Waals surface area contributed by atoms with E-state index in [9.17, 15) is 14.4 Å². The second kappa shape index (κ2) is 14.9. The average molecular weight is 568 g/mol. The van der Waals surface area contributed by atoms with Gasteiger partial charge in [-0.1, -0.05) is 91.7 Å². The SMILES string of the molecule is C#Cc1ccccc1C(C(=O)NCc1ccccc1)N(C(=O)C(Cc1ccccc1)NC(=O)OC(C)(C)C)C(C)CC. The molecule has 0 spiro atoms. The van der Waals surface area contributed by atoms with Gasteiger partial charge in [-0.2, -0.15) is 0 Å². The Labute approximate surface area is 249 Å². The van der Waals surface area contributed by atoms with Gasteiger partial charge in [0.1, 0.15) is 17.7 Å². The van der Waals surface area contributed by atoms with Gasteiger partial charge in [0.25, 0.3) is 0 Å². The maximum atomic E-state index is 14.6. The molecule has 0 aromatic heterocycles. The highest BCUT2D eigenvalue weighted by Gasteiger charge is 2.39. The first-order chi connectivity index (χ1) is 20.0. The summed E-state index contributed by atoms with van der Waals surface area (Å²) < 4.78 is 5.51. The first kappa shape index (κ1) is 32.0. The number of ether oxygens (including phenoxy) is 1. The molecule has 0 aliphatic rings. The second-order valence-corrected chi connectivity index (χ2v) is 11.2. The molecule has 3 aromatic rings. The molecule has 3 aromatic carbocycles. The maximum Gasteiger partial charge on any atom is 0.408 e. The Hall–Kier alpha value is -4.57. The Bertz CT molecular complexity index is 1380. The summed E-state index contributed by atoms with van der Waals surface area (Å²) in [6.45, 7) is 9.40. The molecule has 0 radical (unpaired) electrons. The van der Waals surface area contributed by atoms with E-state index < -0.39 is 29.7 Å². The zero-order valence-electron chi connectivity index (χ0n) is 25.1. The summed E-state index contributed by atoms with van der Waals surface area (Å²) in [7, 11) is 0. The number of hydrogen-bond donors (Lipinski definition) is 2. The van der Waals surface area contributed by atoms with Gasteiger partial charge in [0.15, 0.2) is 0 Å². The predicted molar refractivity (Wildman–Crippen MR) is 165 cm³/mol. The van der Waals surface area contributed by atoms with Gasteiger partial charge in [0, 0.05) is 24.6 Å². The molecule has 42 heavy (non-hydrogen) atoms. The highest BCUT2D eigenvalue weighted by molar-refractivity contribution is 5.93. The summed E-state index contributed by atoms with van der Waals surface area (Å²) in [4.78, 5) is 43.1. The highest BCUT2D eigenvalue weighted by Crippen LogP contribution is 2.29. The van der Waals surface area contributed by atoms with Gasteiger partial charge in [0.05, 0.1) is 0 Å². The molecule has 0 saturated heterocycles. The van der Waals surface area contributed by atoms with Crippen LogP contribution in [-0.2, 0) is 27.3 Å². The van der Waals surface area contributed by atoms with Crippen LogP contribution in [0.5, 0.6) is 0 Å². The Morgan fingerprint density at radius 3 is 2.05 bits per heavy atom. The molecule has 3 atom stereocenters. The summed E-state index contributed by atoms with van der Waals surface area (Å²) in [5.74, 6) is 1.89. The van der Waals surface area contributed by atoms with Crippen LogP contribution in [0.15, 0.2) is 84.9 Å². The third kappa shape index (κ3) is 8.97. The van der Waals surface area contributed by atoms with Crippen molar-refractivity contribution in [1.29, 1.82) is 0 Å². The van der Waals surface area contributed by atoms with Crippen LogP contribution in [0, 0.1) is 12.3 Å². The lowest BCUT2D eigenvalue weighted by atomic mass is 9.94. The molecule has 0 aliphatic heterocycles. The Kier molecular flexibility index (Phi) is 11.3. The molecule has 0 bridgehead atoms. The van der Waals surface area contributed by atoms with Gasteiger partial charge in [-0.05, 0) is 56.9 Å². The largest absolute Gasteiger partial charge is 0.444 e. The Morgan fingerprint density at radius 1 is 0.905 bits per heavy atom. The lowest BCUT2D eigenvalue weighted by Crippen LogP contribution is -2.56. The van der Waals surface area contributed by atoms with E-state index in [0.717, 1.165) is 11.1 Å². The van der Waals surface area contributed by atoms with Crippen LogP contribution >= 0.6 is 0 Å².